The van der Waals surface area contributed by atoms with Crippen LogP contribution in [0.3, 0.4) is 0 Å². The van der Waals surface area contributed by atoms with E-state index in [9.17, 15) is 44.5 Å². The van der Waals surface area contributed by atoms with Crippen LogP contribution in [0.1, 0.15) is 24.3 Å². The van der Waals surface area contributed by atoms with E-state index in [1.54, 1.807) is 12.1 Å². The zero-order valence-electron chi connectivity index (χ0n) is 23.4. The number of nitrogens with zero attached hydrogens (tertiary/aromatic N) is 4. The van der Waals surface area contributed by atoms with Crippen LogP contribution in [-0.2, 0) is 19.2 Å². The van der Waals surface area contributed by atoms with Gasteiger partial charge in [-0.2, -0.15) is 0 Å². The summed E-state index contributed by atoms with van der Waals surface area (Å²) < 4.78 is 0. The van der Waals surface area contributed by atoms with Crippen molar-refractivity contribution in [3.63, 3.8) is 0 Å². The maximum atomic E-state index is 14.1. The Morgan fingerprint density at radius 3 is 1.73 bits per heavy atom. The van der Waals surface area contributed by atoms with Gasteiger partial charge in [0.05, 0.1) is 44.9 Å². The summed E-state index contributed by atoms with van der Waals surface area (Å²) in [6.45, 7) is 0. The lowest BCUT2D eigenvalue weighted by Gasteiger charge is -2.44. The molecule has 1 N–H and O–H groups in total. The van der Waals surface area contributed by atoms with Gasteiger partial charge in [-0.15, -0.1) is 0 Å². The van der Waals surface area contributed by atoms with Gasteiger partial charge < -0.3 is 5.11 Å². The topological polar surface area (TPSA) is 181 Å². The molecule has 2 aliphatic heterocycles. The van der Waals surface area contributed by atoms with Crippen LogP contribution >= 0.6 is 0 Å². The SMILES string of the molecule is O=C1[C@H]2[C@H](CC=C3[C@H]2C[C@H]2C(=O)N(c4ccc([N+](=O)[O-])cc4)C(=O)[C@H]2[C@H]3c2cccc(O)c2)C(=O)N1c1ccc([N+](=O)[O-])cc1. The van der Waals surface area contributed by atoms with Crippen LogP contribution in [0, 0.1) is 49.8 Å². The maximum Gasteiger partial charge on any atom is 0.269 e. The van der Waals surface area contributed by atoms with Crippen molar-refractivity contribution in [3.8, 4) is 5.75 Å². The lowest BCUT2D eigenvalue weighted by Crippen LogP contribution is -2.43. The fourth-order valence-corrected chi connectivity index (χ4v) is 7.64. The first-order valence-electron chi connectivity index (χ1n) is 14.3. The third-order valence-corrected chi connectivity index (χ3v) is 9.52. The van der Waals surface area contributed by atoms with Gasteiger partial charge in [0.15, 0.2) is 0 Å². The first-order valence-corrected chi connectivity index (χ1v) is 14.3. The molecule has 0 aromatic heterocycles. The van der Waals surface area contributed by atoms with Crippen LogP contribution < -0.4 is 9.80 Å². The Morgan fingerprint density at radius 2 is 1.20 bits per heavy atom. The number of rotatable bonds is 5. The Kier molecular flexibility index (Phi) is 6.35. The number of benzene rings is 3. The molecule has 0 radical (unpaired) electrons. The number of imide groups is 2. The number of hydrogen-bond donors (Lipinski definition) is 1. The molecule has 2 saturated heterocycles. The molecule has 4 amide bonds. The van der Waals surface area contributed by atoms with Gasteiger partial charge in [0.25, 0.3) is 11.4 Å². The van der Waals surface area contributed by atoms with Crippen molar-refractivity contribution < 1.29 is 34.1 Å². The van der Waals surface area contributed by atoms with Crippen molar-refractivity contribution in [1.82, 2.24) is 0 Å². The Hall–Kier alpha value is -5.72. The predicted octanol–water partition coefficient (Wildman–Crippen LogP) is 4.25. The number of nitro groups is 2. The van der Waals surface area contributed by atoms with Crippen molar-refractivity contribution in [3.05, 3.63) is 110 Å². The van der Waals surface area contributed by atoms with Gasteiger partial charge >= 0.3 is 0 Å². The fourth-order valence-electron chi connectivity index (χ4n) is 7.64. The first-order chi connectivity index (χ1) is 21.6. The highest BCUT2D eigenvalue weighted by Crippen LogP contribution is 2.58. The van der Waals surface area contributed by atoms with Gasteiger partial charge in [-0.25, -0.2) is 0 Å². The number of amides is 4. The summed E-state index contributed by atoms with van der Waals surface area (Å²) in [4.78, 5) is 79.0. The van der Waals surface area contributed by atoms with E-state index in [4.69, 9.17) is 0 Å². The van der Waals surface area contributed by atoms with Crippen LogP contribution in [0.5, 0.6) is 5.75 Å². The highest BCUT2D eigenvalue weighted by molar-refractivity contribution is 6.24. The number of non-ortho nitro benzene ring substituents is 2. The summed E-state index contributed by atoms with van der Waals surface area (Å²) in [6, 6.07) is 16.7. The first kappa shape index (κ1) is 28.1. The van der Waals surface area contributed by atoms with Crippen LogP contribution in [-0.4, -0.2) is 38.6 Å². The number of nitro benzene ring substituents is 2. The monoisotopic (exact) mass is 608 g/mol. The highest BCUT2D eigenvalue weighted by atomic mass is 16.6. The summed E-state index contributed by atoms with van der Waals surface area (Å²) >= 11 is 0. The molecule has 45 heavy (non-hydrogen) atoms. The van der Waals surface area contributed by atoms with Crippen molar-refractivity contribution in [2.75, 3.05) is 9.80 Å². The van der Waals surface area contributed by atoms with E-state index < -0.39 is 69.0 Å². The third kappa shape index (κ3) is 4.22. The molecule has 2 aliphatic carbocycles. The van der Waals surface area contributed by atoms with Gasteiger partial charge in [-0.1, -0.05) is 23.8 Å². The molecule has 3 aromatic carbocycles. The molecule has 0 unspecified atom stereocenters. The van der Waals surface area contributed by atoms with E-state index >= 15 is 0 Å². The highest BCUT2D eigenvalue weighted by Gasteiger charge is 2.62. The minimum absolute atomic E-state index is 0.0408. The van der Waals surface area contributed by atoms with Gasteiger partial charge in [0, 0.05) is 30.2 Å². The van der Waals surface area contributed by atoms with E-state index in [2.05, 4.69) is 0 Å². The number of allylic oxidation sites excluding steroid dienone is 2. The Balaban J connectivity index is 1.29. The van der Waals surface area contributed by atoms with E-state index in [0.717, 1.165) is 15.4 Å². The fraction of sp³-hybridized carbons (Fsp3) is 0.250. The molecule has 226 valence electrons. The lowest BCUT2D eigenvalue weighted by atomic mass is 9.57. The molecule has 6 atom stereocenters. The second-order valence-electron chi connectivity index (χ2n) is 11.7. The van der Waals surface area contributed by atoms with Crippen molar-refractivity contribution in [2.45, 2.75) is 18.8 Å². The molecule has 13 heteroatoms. The molecule has 4 aliphatic rings. The summed E-state index contributed by atoms with van der Waals surface area (Å²) in [5, 5.41) is 32.7. The predicted molar refractivity (Wildman–Crippen MR) is 157 cm³/mol. The Bertz CT molecular complexity index is 1850. The van der Waals surface area contributed by atoms with Crippen molar-refractivity contribution in [2.24, 2.45) is 29.6 Å². The zero-order chi connectivity index (χ0) is 31.7. The van der Waals surface area contributed by atoms with Crippen LogP contribution in [0.4, 0.5) is 22.7 Å². The van der Waals surface area contributed by atoms with Gasteiger partial charge in [-0.05, 0) is 60.7 Å². The molecule has 2 heterocycles. The number of carbonyl (C=O) groups excluding carboxylic acids is 4. The van der Waals surface area contributed by atoms with E-state index in [0.29, 0.717) is 5.56 Å². The number of anilines is 2. The molecule has 3 aromatic rings. The van der Waals surface area contributed by atoms with Crippen LogP contribution in [0.25, 0.3) is 0 Å². The summed E-state index contributed by atoms with van der Waals surface area (Å²) in [7, 11) is 0. The van der Waals surface area contributed by atoms with Gasteiger partial charge in [0.2, 0.25) is 23.6 Å². The maximum absolute atomic E-state index is 14.1. The largest absolute Gasteiger partial charge is 0.508 e. The van der Waals surface area contributed by atoms with Crippen LogP contribution in [0.15, 0.2) is 84.4 Å². The molecular weight excluding hydrogens is 584 g/mol. The lowest BCUT2D eigenvalue weighted by molar-refractivity contribution is -0.385. The molecule has 0 spiro atoms. The molecule has 0 bridgehead atoms. The second-order valence-corrected chi connectivity index (χ2v) is 11.7. The number of hydrogen-bond acceptors (Lipinski definition) is 9. The second kappa shape index (κ2) is 10.2. The molecular formula is C32H24N4O9. The molecule has 7 rings (SSSR count). The van der Waals surface area contributed by atoms with E-state index in [1.165, 1.54) is 60.7 Å². The zero-order valence-corrected chi connectivity index (χ0v) is 23.4. The molecule has 3 fully saturated rings. The average molecular weight is 609 g/mol. The van der Waals surface area contributed by atoms with Crippen molar-refractivity contribution in [1.29, 1.82) is 0 Å². The normalized spacial score (nSPS) is 27.2. The smallest absolute Gasteiger partial charge is 0.269 e. The number of carbonyl (C=O) groups is 4. The molecule has 13 nitrogen and oxygen atoms in total. The van der Waals surface area contributed by atoms with E-state index in [-0.39, 0.29) is 41.3 Å². The standard InChI is InChI=1S/C32H24N4O9/c37-21-3-1-2-16(14-21)26-22-12-13-23-27(31(40)33(29(23)38)17-4-8-19(9-5-17)35(42)43)24(22)15-25-28(26)32(41)34(30(25)39)18-6-10-20(11-7-18)36(44)45/h1-12,14,23-28,37H,13,15H2/t23-,24+,25+,26-,27-,28+/m0/s1. The summed E-state index contributed by atoms with van der Waals surface area (Å²) in [6.07, 6.45) is 2.20. The number of aromatic hydroxyl groups is 1. The van der Waals surface area contributed by atoms with Crippen LogP contribution in [0.2, 0.25) is 0 Å². The summed E-state index contributed by atoms with van der Waals surface area (Å²) in [5.41, 5.74) is 1.33. The average Bonchev–Trinajstić information content (AvgIpc) is 3.43. The number of phenolic OH excluding ortho intramolecular Hbond substituents is 1. The quantitative estimate of drug-likeness (QED) is 0.192. The minimum Gasteiger partial charge on any atom is -0.508 e. The molecule has 1 saturated carbocycles. The summed E-state index contributed by atoms with van der Waals surface area (Å²) in [5.74, 6) is -6.50. The number of phenols is 1. The Labute approximate surface area is 254 Å². The van der Waals surface area contributed by atoms with E-state index in [1.807, 2.05) is 6.08 Å². The van der Waals surface area contributed by atoms with Crippen molar-refractivity contribution >= 4 is 46.4 Å². The van der Waals surface area contributed by atoms with Gasteiger partial charge in [-0.3, -0.25) is 49.2 Å². The third-order valence-electron chi connectivity index (χ3n) is 9.52. The Morgan fingerprint density at radius 1 is 0.667 bits per heavy atom. The minimum atomic E-state index is -0.869. The number of fused-ring (bicyclic) bond motifs is 4. The van der Waals surface area contributed by atoms with Gasteiger partial charge in [0.1, 0.15) is 5.75 Å².